The summed E-state index contributed by atoms with van der Waals surface area (Å²) in [6, 6.07) is 15.9. The highest BCUT2D eigenvalue weighted by Crippen LogP contribution is 2.21. The first-order valence-corrected chi connectivity index (χ1v) is 15.9. The zero-order chi connectivity index (χ0) is 32.3. The lowest BCUT2D eigenvalue weighted by Gasteiger charge is -2.36. The zero-order valence-electron chi connectivity index (χ0n) is 25.9. The third-order valence-corrected chi connectivity index (χ3v) is 8.10. The van der Waals surface area contributed by atoms with Crippen LogP contribution in [0.5, 0.6) is 0 Å². The molecule has 0 aliphatic rings. The number of nitrogens with one attached hydrogen (secondary N) is 4. The van der Waals surface area contributed by atoms with E-state index in [-0.39, 0.29) is 30.7 Å². The van der Waals surface area contributed by atoms with Gasteiger partial charge in [0.1, 0.15) is 5.60 Å². The van der Waals surface area contributed by atoms with E-state index in [0.29, 0.717) is 17.9 Å². The lowest BCUT2D eigenvalue weighted by Crippen LogP contribution is -2.59. The highest BCUT2D eigenvalue weighted by molar-refractivity contribution is 7.89. The highest BCUT2D eigenvalue weighted by Gasteiger charge is 2.36. The number of aliphatic hydroxyl groups is 1. The molecule has 0 aliphatic carbocycles. The molecule has 43 heavy (non-hydrogen) atoms. The number of hydrazine groups is 1. The Morgan fingerprint density at radius 2 is 1.49 bits per heavy atom. The van der Waals surface area contributed by atoms with Crippen molar-refractivity contribution in [1.29, 1.82) is 0 Å². The van der Waals surface area contributed by atoms with Gasteiger partial charge in [-0.25, -0.2) is 23.4 Å². The third-order valence-electron chi connectivity index (χ3n) is 6.58. The Morgan fingerprint density at radius 3 is 2.12 bits per heavy atom. The van der Waals surface area contributed by atoms with Gasteiger partial charge in [0.2, 0.25) is 21.8 Å². The zero-order valence-corrected chi connectivity index (χ0v) is 26.7. The minimum Gasteiger partial charge on any atom is -0.443 e. The summed E-state index contributed by atoms with van der Waals surface area (Å²) < 4.78 is 34.1. The molecule has 0 radical (unpaired) electrons. The van der Waals surface area contributed by atoms with Crippen molar-refractivity contribution in [3.05, 3.63) is 65.7 Å². The van der Waals surface area contributed by atoms with E-state index in [4.69, 9.17) is 4.74 Å². The molecule has 5 N–H and O–H groups in total. The Bertz CT molecular complexity index is 1330. The van der Waals surface area contributed by atoms with Crippen LogP contribution in [0.2, 0.25) is 0 Å². The van der Waals surface area contributed by atoms with Crippen LogP contribution < -0.4 is 20.9 Å². The standard InChI is InChI=1S/C31H46N4O7S/c1-22(2)16-17-24-14-10-11-15-25(24)43(40,41)32-21-26(36)31(6,20-23-12-8-7-9-13-23)33-27(37)18-19-28(38)34-35-29(39)42-30(3,4)5/h7-15,22,26,32,36H,16-21H2,1-6H3,(H,33,37)(H,34,38)(H,35,39)/t26-,31+/m1/s1. The summed E-state index contributed by atoms with van der Waals surface area (Å²) in [5.41, 5.74) is 3.78. The minimum absolute atomic E-state index is 0.155. The molecule has 0 aliphatic heterocycles. The number of benzene rings is 2. The van der Waals surface area contributed by atoms with Crippen LogP contribution in [-0.2, 0) is 37.2 Å². The fourth-order valence-electron chi connectivity index (χ4n) is 4.27. The molecule has 12 heteroatoms. The van der Waals surface area contributed by atoms with Crippen molar-refractivity contribution in [2.24, 2.45) is 5.92 Å². The number of ether oxygens (including phenoxy) is 1. The van der Waals surface area contributed by atoms with Crippen molar-refractivity contribution in [2.75, 3.05) is 6.54 Å². The van der Waals surface area contributed by atoms with E-state index >= 15 is 0 Å². The number of amides is 3. The van der Waals surface area contributed by atoms with Crippen molar-refractivity contribution in [2.45, 2.75) is 95.8 Å². The van der Waals surface area contributed by atoms with Crippen LogP contribution in [0.25, 0.3) is 0 Å². The number of carbonyl (C=O) groups is 3. The molecule has 0 bridgehead atoms. The quantitative estimate of drug-likeness (QED) is 0.203. The molecule has 2 rings (SSSR count). The molecule has 0 saturated carbocycles. The van der Waals surface area contributed by atoms with Gasteiger partial charge in [-0.05, 0) is 70.1 Å². The Balaban J connectivity index is 2.09. The van der Waals surface area contributed by atoms with Crippen molar-refractivity contribution < 1.29 is 32.6 Å². The Labute approximate surface area is 255 Å². The van der Waals surface area contributed by atoms with Gasteiger partial charge in [0.05, 0.1) is 16.5 Å². The lowest BCUT2D eigenvalue weighted by atomic mass is 9.86. The molecule has 3 amide bonds. The fraction of sp³-hybridized carbons (Fsp3) is 0.516. The van der Waals surface area contributed by atoms with Gasteiger partial charge in [0.25, 0.3) is 0 Å². The van der Waals surface area contributed by atoms with Crippen LogP contribution in [0.15, 0.2) is 59.5 Å². The summed E-state index contributed by atoms with van der Waals surface area (Å²) in [6.45, 7) is 10.4. The van der Waals surface area contributed by atoms with Gasteiger partial charge < -0.3 is 15.2 Å². The van der Waals surface area contributed by atoms with Gasteiger partial charge >= 0.3 is 6.09 Å². The van der Waals surface area contributed by atoms with Crippen LogP contribution in [0.1, 0.15) is 71.9 Å². The minimum atomic E-state index is -3.96. The summed E-state index contributed by atoms with van der Waals surface area (Å²) in [4.78, 5) is 37.0. The first kappa shape index (κ1) is 35.7. The van der Waals surface area contributed by atoms with E-state index < -0.39 is 45.2 Å². The van der Waals surface area contributed by atoms with E-state index in [1.807, 2.05) is 30.3 Å². The fourth-order valence-corrected chi connectivity index (χ4v) is 5.57. The number of aliphatic hydroxyl groups excluding tert-OH is 1. The number of hydrogen-bond acceptors (Lipinski definition) is 7. The summed E-state index contributed by atoms with van der Waals surface area (Å²) >= 11 is 0. The van der Waals surface area contributed by atoms with Gasteiger partial charge in [-0.3, -0.25) is 15.0 Å². The topological polar surface area (TPSA) is 163 Å². The molecule has 0 unspecified atom stereocenters. The number of hydrogen-bond donors (Lipinski definition) is 5. The Hall–Kier alpha value is -3.48. The van der Waals surface area contributed by atoms with Crippen molar-refractivity contribution in [3.63, 3.8) is 0 Å². The van der Waals surface area contributed by atoms with Gasteiger partial charge in [0.15, 0.2) is 0 Å². The molecule has 238 valence electrons. The van der Waals surface area contributed by atoms with Gasteiger partial charge in [-0.1, -0.05) is 62.4 Å². The Morgan fingerprint density at radius 1 is 0.884 bits per heavy atom. The summed E-state index contributed by atoms with van der Waals surface area (Å²) in [5, 5.41) is 14.1. The Kier molecular flexibility index (Phi) is 13.2. The molecule has 0 aromatic heterocycles. The molecular weight excluding hydrogens is 572 g/mol. The second-order valence-electron chi connectivity index (χ2n) is 12.2. The van der Waals surface area contributed by atoms with Crippen molar-refractivity contribution in [1.82, 2.24) is 20.9 Å². The number of carbonyl (C=O) groups excluding carboxylic acids is 3. The summed E-state index contributed by atoms with van der Waals surface area (Å²) in [6.07, 6.45) is -1.04. The molecule has 0 fully saturated rings. The maximum Gasteiger partial charge on any atom is 0.426 e. The monoisotopic (exact) mass is 618 g/mol. The molecule has 2 aromatic carbocycles. The summed E-state index contributed by atoms with van der Waals surface area (Å²) in [7, 11) is -3.96. The number of rotatable bonds is 14. The average molecular weight is 619 g/mol. The largest absolute Gasteiger partial charge is 0.443 e. The molecule has 2 aromatic rings. The van der Waals surface area contributed by atoms with Crippen LogP contribution in [-0.4, -0.2) is 55.2 Å². The van der Waals surface area contributed by atoms with Crippen molar-refractivity contribution in [3.8, 4) is 0 Å². The van der Waals surface area contributed by atoms with Gasteiger partial charge in [-0.15, -0.1) is 0 Å². The molecule has 11 nitrogen and oxygen atoms in total. The van der Waals surface area contributed by atoms with E-state index in [9.17, 15) is 27.9 Å². The van der Waals surface area contributed by atoms with E-state index in [1.54, 1.807) is 45.9 Å². The predicted octanol–water partition coefficient (Wildman–Crippen LogP) is 3.37. The normalized spacial score (nSPS) is 14.0. The van der Waals surface area contributed by atoms with Gasteiger partial charge in [-0.2, -0.15) is 0 Å². The number of aryl methyl sites for hydroxylation is 1. The van der Waals surface area contributed by atoms with E-state index in [0.717, 1.165) is 12.0 Å². The predicted molar refractivity (Wildman–Crippen MR) is 164 cm³/mol. The average Bonchev–Trinajstić information content (AvgIpc) is 2.92. The first-order valence-electron chi connectivity index (χ1n) is 14.4. The number of sulfonamides is 1. The van der Waals surface area contributed by atoms with Crippen LogP contribution >= 0.6 is 0 Å². The molecular formula is C31H46N4O7S. The van der Waals surface area contributed by atoms with E-state index in [2.05, 4.69) is 34.7 Å². The SMILES string of the molecule is CC(C)CCc1ccccc1S(=O)(=O)NC[C@@H](O)[C@](C)(Cc1ccccc1)NC(=O)CCC(=O)NNC(=O)OC(C)(C)C. The summed E-state index contributed by atoms with van der Waals surface area (Å²) in [5.74, 6) is -0.748. The van der Waals surface area contributed by atoms with Crippen LogP contribution in [0.4, 0.5) is 4.79 Å². The second-order valence-corrected chi connectivity index (χ2v) is 13.9. The van der Waals surface area contributed by atoms with Crippen LogP contribution in [0, 0.1) is 5.92 Å². The smallest absolute Gasteiger partial charge is 0.426 e. The highest BCUT2D eigenvalue weighted by atomic mass is 32.2. The molecule has 0 spiro atoms. The lowest BCUT2D eigenvalue weighted by molar-refractivity contribution is -0.128. The van der Waals surface area contributed by atoms with Crippen molar-refractivity contribution >= 4 is 27.9 Å². The molecule has 0 heterocycles. The first-order chi connectivity index (χ1) is 20.0. The van der Waals surface area contributed by atoms with Gasteiger partial charge in [0, 0.05) is 19.4 Å². The molecule has 0 saturated heterocycles. The molecule has 2 atom stereocenters. The second kappa shape index (κ2) is 15.8. The maximum atomic E-state index is 13.3. The maximum absolute atomic E-state index is 13.3. The third kappa shape index (κ3) is 12.7. The van der Waals surface area contributed by atoms with E-state index in [1.165, 1.54) is 6.07 Å². The van der Waals surface area contributed by atoms with Crippen LogP contribution in [0.3, 0.4) is 0 Å².